The Hall–Kier alpha value is -3.61. The largest absolute Gasteiger partial charge is 0.454 e. The molecule has 124 valence electrons. The minimum atomic E-state index is -0.349. The van der Waals surface area contributed by atoms with E-state index in [1.807, 2.05) is 30.3 Å². The van der Waals surface area contributed by atoms with E-state index in [-0.39, 0.29) is 18.4 Å². The van der Waals surface area contributed by atoms with Crippen molar-refractivity contribution in [3.05, 3.63) is 66.6 Å². The Morgan fingerprint density at radius 1 is 0.920 bits per heavy atom. The van der Waals surface area contributed by atoms with Crippen molar-refractivity contribution in [1.82, 2.24) is 9.97 Å². The Morgan fingerprint density at radius 3 is 2.56 bits per heavy atom. The maximum atomic E-state index is 12.3. The zero-order valence-corrected chi connectivity index (χ0v) is 13.1. The molecule has 0 saturated carbocycles. The van der Waals surface area contributed by atoms with Gasteiger partial charge in [-0.15, -0.1) is 0 Å². The van der Waals surface area contributed by atoms with Crippen molar-refractivity contribution in [2.24, 2.45) is 0 Å². The first-order chi connectivity index (χ1) is 12.3. The normalized spacial score (nSPS) is 11.8. The van der Waals surface area contributed by atoms with Crippen LogP contribution in [0, 0.1) is 0 Å². The molecular weight excluding hydrogens is 320 g/mol. The van der Waals surface area contributed by atoms with Gasteiger partial charge in [0.1, 0.15) is 11.5 Å². The second-order valence-corrected chi connectivity index (χ2v) is 5.30. The highest BCUT2D eigenvalue weighted by Gasteiger charge is 2.15. The van der Waals surface area contributed by atoms with Crippen LogP contribution in [0.3, 0.4) is 0 Å². The van der Waals surface area contributed by atoms with Crippen molar-refractivity contribution in [3.8, 4) is 11.5 Å². The van der Waals surface area contributed by atoms with E-state index in [4.69, 9.17) is 9.47 Å². The molecule has 0 unspecified atom stereocenters. The van der Waals surface area contributed by atoms with Crippen LogP contribution in [-0.4, -0.2) is 22.7 Å². The standard InChI is InChI=1S/C18H14N4O3/c23-18(22-13-6-7-15-16(8-13)25-11-24-15)14-9-20-17(10-19-14)21-12-4-2-1-3-5-12/h1-10H,11H2,(H,20,21)(H,22,23). The summed E-state index contributed by atoms with van der Waals surface area (Å²) in [5.41, 5.74) is 1.72. The average Bonchev–Trinajstić information content (AvgIpc) is 3.11. The van der Waals surface area contributed by atoms with Gasteiger partial charge in [-0.25, -0.2) is 9.97 Å². The van der Waals surface area contributed by atoms with Crippen LogP contribution < -0.4 is 20.1 Å². The van der Waals surface area contributed by atoms with Crippen LogP contribution in [0.25, 0.3) is 0 Å². The van der Waals surface area contributed by atoms with Crippen LogP contribution in [0.2, 0.25) is 0 Å². The summed E-state index contributed by atoms with van der Waals surface area (Å²) < 4.78 is 10.5. The molecule has 25 heavy (non-hydrogen) atoms. The van der Waals surface area contributed by atoms with Crippen molar-refractivity contribution in [1.29, 1.82) is 0 Å². The molecule has 1 aromatic heterocycles. The van der Waals surface area contributed by atoms with Crippen molar-refractivity contribution >= 4 is 23.1 Å². The Balaban J connectivity index is 1.44. The molecule has 0 atom stereocenters. The molecule has 3 aromatic rings. The van der Waals surface area contributed by atoms with Crippen molar-refractivity contribution in [2.45, 2.75) is 0 Å². The Labute approximate surface area is 143 Å². The molecule has 2 aromatic carbocycles. The number of rotatable bonds is 4. The number of nitrogens with one attached hydrogen (secondary N) is 2. The summed E-state index contributed by atoms with van der Waals surface area (Å²) in [6.07, 6.45) is 2.94. The second kappa shape index (κ2) is 6.48. The lowest BCUT2D eigenvalue weighted by molar-refractivity contribution is 0.102. The third kappa shape index (κ3) is 3.35. The molecule has 0 bridgehead atoms. The van der Waals surface area contributed by atoms with Gasteiger partial charge < -0.3 is 20.1 Å². The third-order valence-corrected chi connectivity index (χ3v) is 3.56. The smallest absolute Gasteiger partial charge is 0.275 e. The lowest BCUT2D eigenvalue weighted by Gasteiger charge is -2.07. The van der Waals surface area contributed by atoms with Crippen LogP contribution in [-0.2, 0) is 0 Å². The van der Waals surface area contributed by atoms with E-state index < -0.39 is 0 Å². The Kier molecular flexibility index (Phi) is 3.88. The maximum absolute atomic E-state index is 12.3. The summed E-state index contributed by atoms with van der Waals surface area (Å²) >= 11 is 0. The van der Waals surface area contributed by atoms with Crippen molar-refractivity contribution in [3.63, 3.8) is 0 Å². The summed E-state index contributed by atoms with van der Waals surface area (Å²) in [4.78, 5) is 20.6. The highest BCUT2D eigenvalue weighted by molar-refractivity contribution is 6.02. The van der Waals surface area contributed by atoms with E-state index in [1.165, 1.54) is 12.4 Å². The average molecular weight is 334 g/mol. The molecule has 7 nitrogen and oxygen atoms in total. The number of benzene rings is 2. The van der Waals surface area contributed by atoms with Gasteiger partial charge in [0.2, 0.25) is 6.79 Å². The molecule has 1 aliphatic heterocycles. The van der Waals surface area contributed by atoms with E-state index in [9.17, 15) is 4.79 Å². The van der Waals surface area contributed by atoms with Crippen molar-refractivity contribution in [2.75, 3.05) is 17.4 Å². The Morgan fingerprint density at radius 2 is 1.76 bits per heavy atom. The van der Waals surface area contributed by atoms with Crippen molar-refractivity contribution < 1.29 is 14.3 Å². The maximum Gasteiger partial charge on any atom is 0.275 e. The second-order valence-electron chi connectivity index (χ2n) is 5.30. The minimum Gasteiger partial charge on any atom is -0.454 e. The summed E-state index contributed by atoms with van der Waals surface area (Å²) in [5.74, 6) is 1.48. The van der Waals surface area contributed by atoms with Gasteiger partial charge in [-0.05, 0) is 24.3 Å². The molecule has 1 aliphatic rings. The zero-order chi connectivity index (χ0) is 17.1. The molecule has 0 fully saturated rings. The molecule has 2 N–H and O–H groups in total. The van der Waals surface area contributed by atoms with E-state index in [2.05, 4.69) is 20.6 Å². The quantitative estimate of drug-likeness (QED) is 0.762. The number of amides is 1. The Bertz CT molecular complexity index is 898. The van der Waals surface area contributed by atoms with Crippen LogP contribution in [0.15, 0.2) is 60.9 Å². The molecule has 0 radical (unpaired) electrons. The first kappa shape index (κ1) is 14.9. The van der Waals surface area contributed by atoms with Gasteiger partial charge in [0.05, 0.1) is 12.4 Å². The lowest BCUT2D eigenvalue weighted by atomic mass is 10.2. The highest BCUT2D eigenvalue weighted by Crippen LogP contribution is 2.34. The fourth-order valence-corrected chi connectivity index (χ4v) is 2.35. The number of carbonyl (C=O) groups excluding carboxylic acids is 1. The topological polar surface area (TPSA) is 85.4 Å². The number of hydrogen-bond donors (Lipinski definition) is 2. The number of ether oxygens (including phenoxy) is 2. The summed E-state index contributed by atoms with van der Waals surface area (Å²) in [6, 6.07) is 14.8. The fraction of sp³-hybridized carbons (Fsp3) is 0.0556. The third-order valence-electron chi connectivity index (χ3n) is 3.56. The first-order valence-electron chi connectivity index (χ1n) is 7.63. The summed E-state index contributed by atoms with van der Waals surface area (Å²) in [7, 11) is 0. The van der Waals surface area contributed by atoms with Crippen LogP contribution >= 0.6 is 0 Å². The van der Waals surface area contributed by atoms with Gasteiger partial charge in [0.15, 0.2) is 11.5 Å². The van der Waals surface area contributed by atoms with Crippen LogP contribution in [0.1, 0.15) is 10.5 Å². The van der Waals surface area contributed by atoms with Gasteiger partial charge in [-0.3, -0.25) is 4.79 Å². The number of carbonyl (C=O) groups is 1. The van der Waals surface area contributed by atoms with Gasteiger partial charge in [-0.2, -0.15) is 0 Å². The molecule has 0 aliphatic carbocycles. The number of anilines is 3. The molecule has 7 heteroatoms. The molecule has 4 rings (SSSR count). The SMILES string of the molecule is O=C(Nc1ccc2c(c1)OCO2)c1cnc(Nc2ccccc2)cn1. The monoisotopic (exact) mass is 334 g/mol. The minimum absolute atomic E-state index is 0.189. The number of aromatic nitrogens is 2. The highest BCUT2D eigenvalue weighted by atomic mass is 16.7. The molecule has 1 amide bonds. The molecule has 2 heterocycles. The lowest BCUT2D eigenvalue weighted by Crippen LogP contribution is -2.14. The van der Waals surface area contributed by atoms with Gasteiger partial charge in [0, 0.05) is 17.4 Å². The van der Waals surface area contributed by atoms with E-state index in [0.717, 1.165) is 5.69 Å². The summed E-state index contributed by atoms with van der Waals surface area (Å²) in [6.45, 7) is 0.189. The number of fused-ring (bicyclic) bond motifs is 1. The van der Waals surface area contributed by atoms with Crippen LogP contribution in [0.5, 0.6) is 11.5 Å². The van der Waals surface area contributed by atoms with E-state index in [1.54, 1.807) is 18.2 Å². The number of hydrogen-bond acceptors (Lipinski definition) is 6. The molecule has 0 saturated heterocycles. The van der Waals surface area contributed by atoms with E-state index >= 15 is 0 Å². The summed E-state index contributed by atoms with van der Waals surface area (Å²) in [5, 5.41) is 5.87. The molecular formula is C18H14N4O3. The first-order valence-corrected chi connectivity index (χ1v) is 7.63. The zero-order valence-electron chi connectivity index (χ0n) is 13.1. The molecule has 0 spiro atoms. The number of para-hydroxylation sites is 1. The number of nitrogens with zero attached hydrogens (tertiary/aromatic N) is 2. The van der Waals surface area contributed by atoms with Gasteiger partial charge >= 0.3 is 0 Å². The fourth-order valence-electron chi connectivity index (χ4n) is 2.35. The van der Waals surface area contributed by atoms with Gasteiger partial charge in [0.25, 0.3) is 5.91 Å². The predicted molar refractivity (Wildman–Crippen MR) is 92.3 cm³/mol. The van der Waals surface area contributed by atoms with Gasteiger partial charge in [-0.1, -0.05) is 18.2 Å². The van der Waals surface area contributed by atoms with E-state index in [0.29, 0.717) is 23.0 Å². The van der Waals surface area contributed by atoms with Crippen LogP contribution in [0.4, 0.5) is 17.2 Å². The predicted octanol–water partition coefficient (Wildman–Crippen LogP) is 3.20.